The summed E-state index contributed by atoms with van der Waals surface area (Å²) in [4.78, 5) is 19.3. The van der Waals surface area contributed by atoms with Crippen LogP contribution in [-0.2, 0) is 0 Å². The highest BCUT2D eigenvalue weighted by molar-refractivity contribution is 6.06. The van der Waals surface area contributed by atoms with E-state index in [0.29, 0.717) is 6.04 Å². The maximum atomic E-state index is 12.9. The second-order valence-electron chi connectivity index (χ2n) is 5.73. The van der Waals surface area contributed by atoms with Crippen LogP contribution in [0.3, 0.4) is 0 Å². The molecule has 3 rings (SSSR count). The van der Waals surface area contributed by atoms with Crippen LogP contribution in [0.1, 0.15) is 28.9 Å². The molecular weight excluding hydrogens is 333 g/mol. The van der Waals surface area contributed by atoms with Gasteiger partial charge in [-0.1, -0.05) is 18.2 Å². The zero-order chi connectivity index (χ0) is 14.8. The Hall–Kier alpha value is -1.36. The Kier molecular flexibility index (Phi) is 7.26. The summed E-state index contributed by atoms with van der Waals surface area (Å²) in [5, 5.41) is 4.28. The molecule has 2 heterocycles. The van der Waals surface area contributed by atoms with E-state index in [1.165, 1.54) is 0 Å². The van der Waals surface area contributed by atoms with Crippen LogP contribution in [0, 0.1) is 6.92 Å². The summed E-state index contributed by atoms with van der Waals surface area (Å²) in [6.45, 7) is 3.91. The zero-order valence-electron chi connectivity index (χ0n) is 13.4. The molecule has 1 aliphatic heterocycles. The van der Waals surface area contributed by atoms with Crippen molar-refractivity contribution in [1.29, 1.82) is 0 Å². The quantitative estimate of drug-likeness (QED) is 0.899. The molecule has 126 valence electrons. The minimum Gasteiger partial charge on any atom is -0.339 e. The lowest BCUT2D eigenvalue weighted by atomic mass is 10.0. The summed E-state index contributed by atoms with van der Waals surface area (Å²) < 4.78 is 0. The topological polar surface area (TPSA) is 45.2 Å². The number of benzene rings is 1. The molecule has 1 fully saturated rings. The number of fused-ring (bicyclic) bond motifs is 1. The summed E-state index contributed by atoms with van der Waals surface area (Å²) in [6.07, 6.45) is 2.04. The van der Waals surface area contributed by atoms with Gasteiger partial charge in [0.1, 0.15) is 0 Å². The Balaban J connectivity index is 0.00000132. The standard InChI is InChI=1S/C17H21N3O.2ClH/c1-12-11-15(14-5-3-4-6-16(14)19-12)17(21)20(2)13-7-9-18-10-8-13;;/h3-6,11,13,18H,7-10H2,1-2H3;2*1H. The van der Waals surface area contributed by atoms with E-state index in [9.17, 15) is 4.79 Å². The summed E-state index contributed by atoms with van der Waals surface area (Å²) in [7, 11) is 1.92. The predicted molar refractivity (Wildman–Crippen MR) is 99.0 cm³/mol. The van der Waals surface area contributed by atoms with E-state index in [2.05, 4.69) is 10.3 Å². The number of nitrogens with zero attached hydrogens (tertiary/aromatic N) is 2. The van der Waals surface area contributed by atoms with Crippen LogP contribution < -0.4 is 5.32 Å². The van der Waals surface area contributed by atoms with Gasteiger partial charge in [0.2, 0.25) is 0 Å². The first-order chi connectivity index (χ1) is 10.2. The minimum absolute atomic E-state index is 0. The van der Waals surface area contributed by atoms with Gasteiger partial charge in [0.05, 0.1) is 11.1 Å². The molecule has 1 aromatic carbocycles. The molecular formula is C17H23Cl2N3O. The van der Waals surface area contributed by atoms with Gasteiger partial charge in [-0.3, -0.25) is 9.78 Å². The number of carbonyl (C=O) groups excluding carboxylic acids is 1. The third-order valence-corrected chi connectivity index (χ3v) is 4.25. The van der Waals surface area contributed by atoms with E-state index in [1.54, 1.807) is 0 Å². The summed E-state index contributed by atoms with van der Waals surface area (Å²) in [6, 6.07) is 10.1. The number of aromatic nitrogens is 1. The molecule has 1 aliphatic rings. The van der Waals surface area contributed by atoms with Crippen molar-refractivity contribution in [2.75, 3.05) is 20.1 Å². The summed E-state index contributed by atoms with van der Waals surface area (Å²) >= 11 is 0. The highest BCUT2D eigenvalue weighted by Crippen LogP contribution is 2.21. The van der Waals surface area contributed by atoms with E-state index in [4.69, 9.17) is 0 Å². The van der Waals surface area contributed by atoms with Crippen LogP contribution in [0.15, 0.2) is 30.3 Å². The Labute approximate surface area is 149 Å². The molecule has 2 aromatic rings. The highest BCUT2D eigenvalue weighted by Gasteiger charge is 2.24. The first kappa shape index (κ1) is 19.7. The molecule has 1 saturated heterocycles. The number of aryl methyl sites for hydroxylation is 1. The van der Waals surface area contributed by atoms with E-state index in [1.807, 2.05) is 49.2 Å². The molecule has 0 atom stereocenters. The van der Waals surface area contributed by atoms with Gasteiger partial charge in [0.15, 0.2) is 0 Å². The second-order valence-corrected chi connectivity index (χ2v) is 5.73. The Bertz CT molecular complexity index is 672. The van der Waals surface area contributed by atoms with Gasteiger partial charge in [-0.05, 0) is 45.0 Å². The number of amides is 1. The predicted octanol–water partition coefficient (Wildman–Crippen LogP) is 3.21. The molecule has 0 unspecified atom stereocenters. The lowest BCUT2D eigenvalue weighted by Gasteiger charge is -2.32. The second kappa shape index (κ2) is 8.48. The molecule has 0 saturated carbocycles. The van der Waals surface area contributed by atoms with Crippen LogP contribution in [0.4, 0.5) is 0 Å². The molecule has 1 aromatic heterocycles. The van der Waals surface area contributed by atoms with Gasteiger partial charge in [-0.2, -0.15) is 0 Å². The average molecular weight is 356 g/mol. The fourth-order valence-corrected chi connectivity index (χ4v) is 3.03. The van der Waals surface area contributed by atoms with Gasteiger partial charge in [0.25, 0.3) is 5.91 Å². The SMILES string of the molecule is Cc1cc(C(=O)N(C)C2CCNCC2)c2ccccc2n1.Cl.Cl. The van der Waals surface area contributed by atoms with Crippen molar-refractivity contribution in [1.82, 2.24) is 15.2 Å². The number of rotatable bonds is 2. The average Bonchev–Trinajstić information content (AvgIpc) is 2.53. The van der Waals surface area contributed by atoms with Crippen LogP contribution >= 0.6 is 24.8 Å². The van der Waals surface area contributed by atoms with E-state index >= 15 is 0 Å². The summed E-state index contributed by atoms with van der Waals surface area (Å²) in [5.41, 5.74) is 2.54. The van der Waals surface area contributed by atoms with E-state index in [0.717, 1.165) is 48.1 Å². The van der Waals surface area contributed by atoms with Crippen molar-refractivity contribution < 1.29 is 4.79 Å². The first-order valence-corrected chi connectivity index (χ1v) is 7.51. The van der Waals surface area contributed by atoms with E-state index in [-0.39, 0.29) is 30.7 Å². The van der Waals surface area contributed by atoms with Crippen molar-refractivity contribution in [3.05, 3.63) is 41.6 Å². The zero-order valence-corrected chi connectivity index (χ0v) is 15.0. The van der Waals surface area contributed by atoms with Crippen molar-refractivity contribution in [3.63, 3.8) is 0 Å². The van der Waals surface area contributed by atoms with Crippen LogP contribution in [0.2, 0.25) is 0 Å². The molecule has 0 aliphatic carbocycles. The van der Waals surface area contributed by atoms with Crippen LogP contribution in [0.5, 0.6) is 0 Å². The number of para-hydroxylation sites is 1. The maximum absolute atomic E-state index is 12.9. The Morgan fingerprint density at radius 1 is 1.22 bits per heavy atom. The molecule has 23 heavy (non-hydrogen) atoms. The molecule has 6 heteroatoms. The molecule has 0 bridgehead atoms. The first-order valence-electron chi connectivity index (χ1n) is 7.51. The third-order valence-electron chi connectivity index (χ3n) is 4.25. The number of nitrogens with one attached hydrogen (secondary N) is 1. The van der Waals surface area contributed by atoms with Crippen LogP contribution in [-0.4, -0.2) is 42.0 Å². The normalized spacial score (nSPS) is 14.7. The van der Waals surface area contributed by atoms with Gasteiger partial charge in [0, 0.05) is 24.2 Å². The van der Waals surface area contributed by atoms with Crippen molar-refractivity contribution in [2.45, 2.75) is 25.8 Å². The number of hydrogen-bond donors (Lipinski definition) is 1. The highest BCUT2D eigenvalue weighted by atomic mass is 35.5. The lowest BCUT2D eigenvalue weighted by Crippen LogP contribution is -2.44. The minimum atomic E-state index is 0. The number of pyridine rings is 1. The molecule has 1 N–H and O–H groups in total. The molecule has 0 radical (unpaired) electrons. The largest absolute Gasteiger partial charge is 0.339 e. The third kappa shape index (κ3) is 4.14. The Morgan fingerprint density at radius 2 is 1.87 bits per heavy atom. The number of hydrogen-bond acceptors (Lipinski definition) is 3. The summed E-state index contributed by atoms with van der Waals surface area (Å²) in [5.74, 6) is 0.101. The Morgan fingerprint density at radius 3 is 2.57 bits per heavy atom. The van der Waals surface area contributed by atoms with Gasteiger partial charge >= 0.3 is 0 Å². The molecule has 4 nitrogen and oxygen atoms in total. The monoisotopic (exact) mass is 355 g/mol. The van der Waals surface area contributed by atoms with Crippen LogP contribution in [0.25, 0.3) is 10.9 Å². The molecule has 1 amide bonds. The van der Waals surface area contributed by atoms with Gasteiger partial charge in [-0.15, -0.1) is 24.8 Å². The number of halogens is 2. The van der Waals surface area contributed by atoms with Crippen molar-refractivity contribution in [3.8, 4) is 0 Å². The fourth-order valence-electron chi connectivity index (χ4n) is 3.03. The maximum Gasteiger partial charge on any atom is 0.254 e. The number of piperidine rings is 1. The smallest absolute Gasteiger partial charge is 0.254 e. The van der Waals surface area contributed by atoms with Gasteiger partial charge < -0.3 is 10.2 Å². The lowest BCUT2D eigenvalue weighted by molar-refractivity contribution is 0.0705. The molecule has 0 spiro atoms. The van der Waals surface area contributed by atoms with Crippen molar-refractivity contribution in [2.24, 2.45) is 0 Å². The number of carbonyl (C=O) groups is 1. The van der Waals surface area contributed by atoms with Gasteiger partial charge in [-0.25, -0.2) is 0 Å². The van der Waals surface area contributed by atoms with Crippen molar-refractivity contribution >= 4 is 41.6 Å². The fraction of sp³-hybridized carbons (Fsp3) is 0.412. The van der Waals surface area contributed by atoms with E-state index < -0.39 is 0 Å².